The first-order valence-electron chi connectivity index (χ1n) is 10.7. The molecule has 0 bridgehead atoms. The summed E-state index contributed by atoms with van der Waals surface area (Å²) in [6.07, 6.45) is 24.7. The summed E-state index contributed by atoms with van der Waals surface area (Å²) >= 11 is 0. The average molecular weight is 419 g/mol. The van der Waals surface area contributed by atoms with Gasteiger partial charge in [-0.2, -0.15) is 0 Å². The van der Waals surface area contributed by atoms with Gasteiger partial charge in [0.2, 0.25) is 0 Å². The van der Waals surface area contributed by atoms with Gasteiger partial charge in [-0.1, -0.05) is 75.0 Å². The van der Waals surface area contributed by atoms with Crippen molar-refractivity contribution in [3.63, 3.8) is 0 Å². The lowest BCUT2D eigenvalue weighted by Crippen LogP contribution is -2.45. The van der Waals surface area contributed by atoms with E-state index in [-0.39, 0.29) is 12.2 Å². The molecule has 0 aliphatic heterocycles. The number of hydrogen-bond acceptors (Lipinski definition) is 4. The Hall–Kier alpha value is -2.56. The molecule has 5 heteroatoms. The molecule has 0 amide bonds. The lowest BCUT2D eigenvalue weighted by Gasteiger charge is -2.29. The maximum atomic E-state index is 11.6. The van der Waals surface area contributed by atoms with Gasteiger partial charge in [-0.25, -0.2) is 4.79 Å². The standard InChI is InChI=1S/C25H38O5/c1-5-6-7-8-9-10-11-12-13-14-15-16-17-18-19-20-21-25(24(27)28,29-22(2)3)30-23(4)26/h9-10,12-13,15-16,18-19H,2,5-8,11,14,17,20-21H2,1,3-4H3,(H,27,28)/t25-/m1/s1. The first-order chi connectivity index (χ1) is 14.3. The molecule has 0 aromatic heterocycles. The predicted molar refractivity (Wildman–Crippen MR) is 122 cm³/mol. The van der Waals surface area contributed by atoms with E-state index in [4.69, 9.17) is 9.47 Å². The minimum absolute atomic E-state index is 0.00366. The summed E-state index contributed by atoms with van der Waals surface area (Å²) in [5.74, 6) is -3.93. The molecule has 168 valence electrons. The third-order valence-electron chi connectivity index (χ3n) is 4.07. The highest BCUT2D eigenvalue weighted by Crippen LogP contribution is 2.24. The minimum atomic E-state index is -2.03. The first kappa shape index (κ1) is 27.4. The van der Waals surface area contributed by atoms with Crippen LogP contribution >= 0.6 is 0 Å². The number of aliphatic carboxylic acids is 1. The van der Waals surface area contributed by atoms with E-state index in [1.54, 1.807) is 0 Å². The van der Waals surface area contributed by atoms with Gasteiger partial charge in [0.05, 0.1) is 5.76 Å². The van der Waals surface area contributed by atoms with Crippen molar-refractivity contribution in [2.75, 3.05) is 0 Å². The molecule has 0 spiro atoms. The van der Waals surface area contributed by atoms with Crippen LogP contribution in [0.3, 0.4) is 0 Å². The second kappa shape index (κ2) is 17.3. The van der Waals surface area contributed by atoms with E-state index in [0.717, 1.165) is 26.2 Å². The van der Waals surface area contributed by atoms with Crippen molar-refractivity contribution in [2.24, 2.45) is 0 Å². The van der Waals surface area contributed by atoms with Gasteiger partial charge in [0.15, 0.2) is 0 Å². The largest absolute Gasteiger partial charge is 0.475 e. The number of esters is 1. The fourth-order valence-corrected chi connectivity index (χ4v) is 2.67. The number of rotatable bonds is 17. The highest BCUT2D eigenvalue weighted by Gasteiger charge is 2.44. The molecule has 0 radical (unpaired) electrons. The molecule has 1 atom stereocenters. The lowest BCUT2D eigenvalue weighted by molar-refractivity contribution is -0.229. The van der Waals surface area contributed by atoms with Crippen molar-refractivity contribution in [1.82, 2.24) is 0 Å². The van der Waals surface area contributed by atoms with Crippen LogP contribution in [0.4, 0.5) is 0 Å². The van der Waals surface area contributed by atoms with Gasteiger partial charge in [-0.05, 0) is 45.4 Å². The third kappa shape index (κ3) is 14.4. The molecule has 0 saturated carbocycles. The van der Waals surface area contributed by atoms with E-state index < -0.39 is 17.7 Å². The summed E-state index contributed by atoms with van der Waals surface area (Å²) in [7, 11) is 0. The van der Waals surface area contributed by atoms with Crippen molar-refractivity contribution in [3.8, 4) is 0 Å². The molecule has 0 aliphatic rings. The number of allylic oxidation sites excluding steroid dienone is 9. The number of hydrogen-bond donors (Lipinski definition) is 1. The second-order valence-corrected chi connectivity index (χ2v) is 7.08. The lowest BCUT2D eigenvalue weighted by atomic mass is 10.1. The molecule has 0 unspecified atom stereocenters. The molecular formula is C25H38O5. The Kier molecular flexibility index (Phi) is 15.8. The first-order valence-corrected chi connectivity index (χ1v) is 10.7. The highest BCUT2D eigenvalue weighted by molar-refractivity contribution is 5.80. The van der Waals surface area contributed by atoms with Crippen LogP contribution in [0.5, 0.6) is 0 Å². The Morgan fingerprint density at radius 1 is 0.833 bits per heavy atom. The predicted octanol–water partition coefficient (Wildman–Crippen LogP) is 6.64. The van der Waals surface area contributed by atoms with Crippen LogP contribution < -0.4 is 0 Å². The topological polar surface area (TPSA) is 72.8 Å². The van der Waals surface area contributed by atoms with Crippen LogP contribution in [0, 0.1) is 0 Å². The Balaban J connectivity index is 4.20. The summed E-state index contributed by atoms with van der Waals surface area (Å²) in [5.41, 5.74) is 0. The zero-order chi connectivity index (χ0) is 22.7. The summed E-state index contributed by atoms with van der Waals surface area (Å²) in [4.78, 5) is 22.9. The number of carbonyl (C=O) groups is 2. The van der Waals surface area contributed by atoms with Crippen molar-refractivity contribution in [1.29, 1.82) is 0 Å². The zero-order valence-corrected chi connectivity index (χ0v) is 18.8. The normalized spacial score (nSPS) is 14.0. The number of ether oxygens (including phenoxy) is 2. The monoisotopic (exact) mass is 418 g/mol. The van der Waals surface area contributed by atoms with E-state index >= 15 is 0 Å². The van der Waals surface area contributed by atoms with Gasteiger partial charge in [0.25, 0.3) is 0 Å². The summed E-state index contributed by atoms with van der Waals surface area (Å²) in [5, 5.41) is 9.46. The molecule has 0 aromatic carbocycles. The molecule has 0 aromatic rings. The van der Waals surface area contributed by atoms with Crippen LogP contribution in [0.15, 0.2) is 60.9 Å². The zero-order valence-electron chi connectivity index (χ0n) is 18.8. The molecular weight excluding hydrogens is 380 g/mol. The van der Waals surface area contributed by atoms with Gasteiger partial charge in [0.1, 0.15) is 0 Å². The molecule has 5 nitrogen and oxygen atoms in total. The van der Waals surface area contributed by atoms with E-state index in [0.29, 0.717) is 6.42 Å². The van der Waals surface area contributed by atoms with Crippen molar-refractivity contribution in [2.45, 2.75) is 84.3 Å². The van der Waals surface area contributed by atoms with Gasteiger partial charge in [-0.15, -0.1) is 0 Å². The van der Waals surface area contributed by atoms with Gasteiger partial charge in [0, 0.05) is 13.3 Å². The van der Waals surface area contributed by atoms with Gasteiger partial charge >= 0.3 is 17.7 Å². The van der Waals surface area contributed by atoms with Gasteiger partial charge in [-0.3, -0.25) is 4.79 Å². The average Bonchev–Trinajstić information content (AvgIpc) is 2.66. The summed E-state index contributed by atoms with van der Waals surface area (Å²) in [6, 6.07) is 0. The van der Waals surface area contributed by atoms with E-state index in [1.165, 1.54) is 32.6 Å². The van der Waals surface area contributed by atoms with E-state index in [1.807, 2.05) is 12.2 Å². The van der Waals surface area contributed by atoms with E-state index in [9.17, 15) is 14.7 Å². The number of carbonyl (C=O) groups excluding carboxylic acids is 1. The fraction of sp³-hybridized carbons (Fsp3) is 0.520. The Morgan fingerprint density at radius 3 is 1.77 bits per heavy atom. The molecule has 1 N–H and O–H groups in total. The Morgan fingerprint density at radius 2 is 1.33 bits per heavy atom. The van der Waals surface area contributed by atoms with Crippen LogP contribution in [0.2, 0.25) is 0 Å². The minimum Gasteiger partial charge on any atom is -0.475 e. The van der Waals surface area contributed by atoms with Crippen molar-refractivity contribution in [3.05, 3.63) is 60.9 Å². The maximum Gasteiger partial charge on any atom is 0.390 e. The number of unbranched alkanes of at least 4 members (excludes halogenated alkanes) is 3. The van der Waals surface area contributed by atoms with E-state index in [2.05, 4.69) is 50.0 Å². The number of carboxylic acid groups (broad SMARTS) is 1. The molecule has 0 heterocycles. The van der Waals surface area contributed by atoms with Crippen LogP contribution in [0.25, 0.3) is 0 Å². The van der Waals surface area contributed by atoms with Crippen LogP contribution in [0.1, 0.15) is 78.6 Å². The molecule has 0 fully saturated rings. The SMILES string of the molecule is C=C(C)O[C@](CCC=CCC=CCC=CCC=CCCCCC)(OC(C)=O)C(=O)O. The van der Waals surface area contributed by atoms with Crippen molar-refractivity contribution >= 4 is 11.9 Å². The summed E-state index contributed by atoms with van der Waals surface area (Å²) in [6.45, 7) is 8.42. The molecule has 30 heavy (non-hydrogen) atoms. The quantitative estimate of drug-likeness (QED) is 0.0942. The third-order valence-corrected chi connectivity index (χ3v) is 4.07. The molecule has 0 saturated heterocycles. The molecule has 0 aliphatic carbocycles. The second-order valence-electron chi connectivity index (χ2n) is 7.08. The highest BCUT2D eigenvalue weighted by atomic mass is 16.7. The van der Waals surface area contributed by atoms with Gasteiger partial charge < -0.3 is 14.6 Å². The smallest absolute Gasteiger partial charge is 0.390 e. The van der Waals surface area contributed by atoms with Crippen molar-refractivity contribution < 1.29 is 24.2 Å². The Labute approximate surface area is 181 Å². The number of carboxylic acids is 1. The van der Waals surface area contributed by atoms with Crippen LogP contribution in [-0.4, -0.2) is 22.8 Å². The van der Waals surface area contributed by atoms with Crippen LogP contribution in [-0.2, 0) is 19.1 Å². The maximum absolute atomic E-state index is 11.6. The summed E-state index contributed by atoms with van der Waals surface area (Å²) < 4.78 is 10.2. The molecule has 0 rings (SSSR count). The fourth-order valence-electron chi connectivity index (χ4n) is 2.67. The Bertz CT molecular complexity index is 609.